The van der Waals surface area contributed by atoms with Gasteiger partial charge in [-0.05, 0) is 26.3 Å². The minimum Gasteiger partial charge on any atom is -0.461 e. The maximum absolute atomic E-state index is 11.7. The molecule has 20 heavy (non-hydrogen) atoms. The van der Waals surface area contributed by atoms with E-state index in [9.17, 15) is 9.59 Å². The van der Waals surface area contributed by atoms with Crippen molar-refractivity contribution >= 4 is 23.2 Å². The van der Waals surface area contributed by atoms with E-state index in [2.05, 4.69) is 15.6 Å². The smallest absolute Gasteiger partial charge is 0.357 e. The van der Waals surface area contributed by atoms with Crippen molar-refractivity contribution in [1.82, 2.24) is 15.6 Å². The number of nitrogens with zero attached hydrogens (tertiary/aromatic N) is 1. The van der Waals surface area contributed by atoms with Crippen LogP contribution in [0.3, 0.4) is 0 Å². The van der Waals surface area contributed by atoms with Gasteiger partial charge < -0.3 is 15.4 Å². The van der Waals surface area contributed by atoms with Crippen molar-refractivity contribution in [1.29, 1.82) is 0 Å². The Hall–Kier alpha value is -1.47. The number of rotatable bonds is 6. The van der Waals surface area contributed by atoms with E-state index in [4.69, 9.17) is 4.74 Å². The van der Waals surface area contributed by atoms with E-state index in [1.165, 1.54) is 11.3 Å². The number of hydrogen-bond acceptors (Lipinski definition) is 6. The number of nitrogens with one attached hydrogen (secondary N) is 2. The molecule has 1 saturated heterocycles. The van der Waals surface area contributed by atoms with Crippen molar-refractivity contribution in [3.63, 3.8) is 0 Å². The molecule has 1 atom stereocenters. The van der Waals surface area contributed by atoms with E-state index < -0.39 is 5.97 Å². The third kappa shape index (κ3) is 4.28. The van der Waals surface area contributed by atoms with Gasteiger partial charge in [-0.1, -0.05) is 0 Å². The second kappa shape index (κ2) is 7.35. The van der Waals surface area contributed by atoms with Gasteiger partial charge in [0.05, 0.1) is 13.2 Å². The standard InChI is InChI=1S/C13H19N3O3S/c1-2-19-13(18)10-8-20-12(16-10)7-15-11(17)6-9-4-3-5-14-9/h8-9,14H,2-7H2,1H3,(H,15,17). The predicted molar refractivity (Wildman–Crippen MR) is 75.6 cm³/mol. The Morgan fingerprint density at radius 2 is 2.45 bits per heavy atom. The molecule has 1 aromatic heterocycles. The molecule has 2 rings (SSSR count). The van der Waals surface area contributed by atoms with Crippen LogP contribution in [0.1, 0.15) is 41.7 Å². The van der Waals surface area contributed by atoms with Crippen molar-refractivity contribution in [2.24, 2.45) is 0 Å². The molecule has 2 N–H and O–H groups in total. The molecule has 1 aromatic rings. The molecule has 0 aliphatic carbocycles. The maximum atomic E-state index is 11.7. The highest BCUT2D eigenvalue weighted by Gasteiger charge is 2.18. The van der Waals surface area contributed by atoms with Crippen molar-refractivity contribution < 1.29 is 14.3 Å². The minimum atomic E-state index is -0.420. The summed E-state index contributed by atoms with van der Waals surface area (Å²) in [5.41, 5.74) is 0.304. The minimum absolute atomic E-state index is 0.0114. The highest BCUT2D eigenvalue weighted by molar-refractivity contribution is 7.09. The number of thiazole rings is 1. The van der Waals surface area contributed by atoms with Crippen LogP contribution in [0.25, 0.3) is 0 Å². The SMILES string of the molecule is CCOC(=O)c1csc(CNC(=O)CC2CCCN2)n1. The van der Waals surface area contributed by atoms with Crippen LogP contribution < -0.4 is 10.6 Å². The lowest BCUT2D eigenvalue weighted by Crippen LogP contribution is -2.31. The predicted octanol–water partition coefficient (Wildman–Crippen LogP) is 1.08. The Morgan fingerprint density at radius 3 is 3.15 bits per heavy atom. The molecule has 0 bridgehead atoms. The van der Waals surface area contributed by atoms with E-state index in [1.54, 1.807) is 12.3 Å². The van der Waals surface area contributed by atoms with Crippen LogP contribution in [-0.2, 0) is 16.1 Å². The maximum Gasteiger partial charge on any atom is 0.357 e. The first kappa shape index (κ1) is 14.9. The molecule has 1 unspecified atom stereocenters. The van der Waals surface area contributed by atoms with Gasteiger partial charge in [0.15, 0.2) is 5.69 Å². The van der Waals surface area contributed by atoms with Crippen LogP contribution in [0, 0.1) is 0 Å². The van der Waals surface area contributed by atoms with Crippen molar-refractivity contribution in [2.45, 2.75) is 38.8 Å². The molecule has 1 amide bonds. The third-order valence-corrected chi connectivity index (χ3v) is 3.92. The molecule has 0 spiro atoms. The Labute approximate surface area is 121 Å². The molecule has 2 heterocycles. The Morgan fingerprint density at radius 1 is 1.60 bits per heavy atom. The molecule has 0 aromatic carbocycles. The van der Waals surface area contributed by atoms with Gasteiger partial charge in [0.25, 0.3) is 0 Å². The molecule has 1 aliphatic heterocycles. The second-order valence-corrected chi connectivity index (χ2v) is 5.56. The van der Waals surface area contributed by atoms with Crippen molar-refractivity contribution in [3.05, 3.63) is 16.1 Å². The molecular weight excluding hydrogens is 278 g/mol. The summed E-state index contributed by atoms with van der Waals surface area (Å²) >= 11 is 1.35. The summed E-state index contributed by atoms with van der Waals surface area (Å²) in [5.74, 6) is -0.409. The number of hydrogen-bond donors (Lipinski definition) is 2. The van der Waals surface area contributed by atoms with E-state index in [-0.39, 0.29) is 5.91 Å². The summed E-state index contributed by atoms with van der Waals surface area (Å²) in [5, 5.41) is 8.47. The first-order valence-electron chi connectivity index (χ1n) is 6.80. The van der Waals surface area contributed by atoms with Crippen LogP contribution in [0.2, 0.25) is 0 Å². The third-order valence-electron chi connectivity index (χ3n) is 3.07. The number of aromatic nitrogens is 1. The number of ether oxygens (including phenoxy) is 1. The summed E-state index contributed by atoms with van der Waals surface area (Å²) in [7, 11) is 0. The molecule has 0 saturated carbocycles. The van der Waals surface area contributed by atoms with Gasteiger partial charge in [-0.3, -0.25) is 4.79 Å². The number of amides is 1. The van der Waals surface area contributed by atoms with Gasteiger partial charge in [0.2, 0.25) is 5.91 Å². The summed E-state index contributed by atoms with van der Waals surface area (Å²) < 4.78 is 4.87. The molecule has 110 valence electrons. The molecule has 1 fully saturated rings. The van der Waals surface area contributed by atoms with Crippen molar-refractivity contribution in [3.8, 4) is 0 Å². The average molecular weight is 297 g/mol. The van der Waals surface area contributed by atoms with Crippen LogP contribution >= 0.6 is 11.3 Å². The fourth-order valence-corrected chi connectivity index (χ4v) is 2.80. The monoisotopic (exact) mass is 297 g/mol. The van der Waals surface area contributed by atoms with E-state index in [0.29, 0.717) is 36.3 Å². The van der Waals surface area contributed by atoms with Crippen molar-refractivity contribution in [2.75, 3.05) is 13.2 Å². The lowest BCUT2D eigenvalue weighted by atomic mass is 10.1. The van der Waals surface area contributed by atoms with Gasteiger partial charge in [-0.15, -0.1) is 11.3 Å². The van der Waals surface area contributed by atoms with E-state index >= 15 is 0 Å². The first-order chi connectivity index (χ1) is 9.69. The van der Waals surface area contributed by atoms with E-state index in [0.717, 1.165) is 19.4 Å². The lowest BCUT2D eigenvalue weighted by molar-refractivity contribution is -0.121. The summed E-state index contributed by atoms with van der Waals surface area (Å²) in [6, 6.07) is 0.293. The summed E-state index contributed by atoms with van der Waals surface area (Å²) in [6.07, 6.45) is 2.68. The van der Waals surface area contributed by atoms with E-state index in [1.807, 2.05) is 0 Å². The lowest BCUT2D eigenvalue weighted by Gasteiger charge is -2.09. The van der Waals surface area contributed by atoms with Crippen LogP contribution in [0.5, 0.6) is 0 Å². The second-order valence-electron chi connectivity index (χ2n) is 4.62. The normalized spacial score (nSPS) is 17.9. The largest absolute Gasteiger partial charge is 0.461 e. The highest BCUT2D eigenvalue weighted by Crippen LogP contribution is 2.12. The summed E-state index contributed by atoms with van der Waals surface area (Å²) in [6.45, 7) is 3.43. The topological polar surface area (TPSA) is 80.3 Å². The molecule has 7 heteroatoms. The number of esters is 1. The summed E-state index contributed by atoms with van der Waals surface area (Å²) in [4.78, 5) is 27.3. The fraction of sp³-hybridized carbons (Fsp3) is 0.615. The van der Waals surface area contributed by atoms with Gasteiger partial charge in [0, 0.05) is 17.8 Å². The van der Waals surface area contributed by atoms with Gasteiger partial charge in [-0.25, -0.2) is 9.78 Å². The number of carbonyl (C=O) groups is 2. The molecule has 6 nitrogen and oxygen atoms in total. The highest BCUT2D eigenvalue weighted by atomic mass is 32.1. The molecule has 0 radical (unpaired) electrons. The number of carbonyl (C=O) groups excluding carboxylic acids is 2. The average Bonchev–Trinajstić information content (AvgIpc) is 3.07. The van der Waals surface area contributed by atoms with Gasteiger partial charge >= 0.3 is 5.97 Å². The Balaban J connectivity index is 1.75. The Kier molecular flexibility index (Phi) is 5.49. The van der Waals surface area contributed by atoms with Crippen LogP contribution in [0.15, 0.2) is 5.38 Å². The van der Waals surface area contributed by atoms with Crippen LogP contribution in [0.4, 0.5) is 0 Å². The van der Waals surface area contributed by atoms with Gasteiger partial charge in [-0.2, -0.15) is 0 Å². The first-order valence-corrected chi connectivity index (χ1v) is 7.68. The quantitative estimate of drug-likeness (QED) is 0.768. The Bertz CT molecular complexity index is 469. The zero-order valence-electron chi connectivity index (χ0n) is 11.5. The fourth-order valence-electron chi connectivity index (χ4n) is 2.09. The van der Waals surface area contributed by atoms with Gasteiger partial charge in [0.1, 0.15) is 5.01 Å². The molecule has 1 aliphatic rings. The van der Waals surface area contributed by atoms with Crippen LogP contribution in [-0.4, -0.2) is 36.1 Å². The zero-order chi connectivity index (χ0) is 14.4. The zero-order valence-corrected chi connectivity index (χ0v) is 12.3. The molecular formula is C13H19N3O3S.